The van der Waals surface area contributed by atoms with Gasteiger partial charge in [-0.3, -0.25) is 9.59 Å². The van der Waals surface area contributed by atoms with Crippen LogP contribution in [0.1, 0.15) is 19.3 Å². The molecule has 1 heterocycles. The summed E-state index contributed by atoms with van der Waals surface area (Å²) in [6, 6.07) is 0. The lowest BCUT2D eigenvalue weighted by atomic mass is 9.93. The van der Waals surface area contributed by atoms with Crippen molar-refractivity contribution in [3.05, 3.63) is 0 Å². The van der Waals surface area contributed by atoms with Crippen LogP contribution >= 0.6 is 11.8 Å². The Balaban J connectivity index is 2.29. The summed E-state index contributed by atoms with van der Waals surface area (Å²) in [5.74, 6) is 0.908. The highest BCUT2D eigenvalue weighted by molar-refractivity contribution is 7.99. The predicted octanol–water partition coefficient (Wildman–Crippen LogP) is 0.463. The van der Waals surface area contributed by atoms with Crippen LogP contribution in [0.4, 0.5) is 0 Å². The van der Waals surface area contributed by atoms with E-state index in [2.05, 4.69) is 0 Å². The lowest BCUT2D eigenvalue weighted by Gasteiger charge is -2.31. The molecule has 1 saturated heterocycles. The van der Waals surface area contributed by atoms with Crippen molar-refractivity contribution in [3.8, 4) is 0 Å². The van der Waals surface area contributed by atoms with Gasteiger partial charge in [0.05, 0.1) is 5.75 Å². The van der Waals surface area contributed by atoms with Gasteiger partial charge < -0.3 is 10.6 Å². The highest BCUT2D eigenvalue weighted by Gasteiger charge is 2.23. The van der Waals surface area contributed by atoms with Crippen molar-refractivity contribution in [2.45, 2.75) is 19.3 Å². The summed E-state index contributed by atoms with van der Waals surface area (Å²) in [6.45, 7) is 1.55. The first-order valence-electron chi connectivity index (χ1n) is 5.18. The van der Waals surface area contributed by atoms with Crippen LogP contribution in [0.25, 0.3) is 0 Å². The van der Waals surface area contributed by atoms with Gasteiger partial charge >= 0.3 is 0 Å². The second-order valence-electron chi connectivity index (χ2n) is 3.93. The van der Waals surface area contributed by atoms with Gasteiger partial charge in [-0.15, -0.1) is 0 Å². The number of thioether (sulfide) groups is 1. The number of piperidine rings is 1. The molecule has 2 N–H and O–H groups in total. The molecule has 1 aliphatic rings. The molecule has 0 radical (unpaired) electrons. The van der Waals surface area contributed by atoms with Gasteiger partial charge in [-0.05, 0) is 25.0 Å². The van der Waals surface area contributed by atoms with Crippen molar-refractivity contribution in [1.29, 1.82) is 0 Å². The average Bonchev–Trinajstić information content (AvgIpc) is 2.18. The van der Waals surface area contributed by atoms with Gasteiger partial charge in [0, 0.05) is 19.5 Å². The molecule has 1 aliphatic heterocycles. The van der Waals surface area contributed by atoms with Gasteiger partial charge in [0.15, 0.2) is 0 Å². The fourth-order valence-electron chi connectivity index (χ4n) is 1.89. The van der Waals surface area contributed by atoms with Crippen LogP contribution in [0, 0.1) is 5.92 Å². The topological polar surface area (TPSA) is 63.4 Å². The molecule has 0 aromatic heterocycles. The summed E-state index contributed by atoms with van der Waals surface area (Å²) in [5, 5.41) is 0. The Kier molecular flexibility index (Phi) is 4.94. The monoisotopic (exact) mass is 230 g/mol. The van der Waals surface area contributed by atoms with Crippen LogP contribution in [0.5, 0.6) is 0 Å². The SMILES string of the molecule is CSCC(=O)N1CCC(CC(N)=O)CC1. The minimum Gasteiger partial charge on any atom is -0.370 e. The number of rotatable bonds is 4. The van der Waals surface area contributed by atoms with Crippen molar-refractivity contribution in [1.82, 2.24) is 4.90 Å². The third kappa shape index (κ3) is 4.11. The minimum absolute atomic E-state index is 0.208. The highest BCUT2D eigenvalue weighted by atomic mass is 32.2. The zero-order valence-electron chi connectivity index (χ0n) is 9.07. The van der Waals surface area contributed by atoms with Gasteiger partial charge in [0.2, 0.25) is 11.8 Å². The number of carbonyl (C=O) groups is 2. The fraction of sp³-hybridized carbons (Fsp3) is 0.800. The van der Waals surface area contributed by atoms with Crippen LogP contribution in [0.3, 0.4) is 0 Å². The molecule has 0 aromatic carbocycles. The number of hydrogen-bond donors (Lipinski definition) is 1. The lowest BCUT2D eigenvalue weighted by molar-refractivity contribution is -0.129. The zero-order valence-corrected chi connectivity index (χ0v) is 9.89. The third-order valence-corrected chi connectivity index (χ3v) is 3.26. The summed E-state index contributed by atoms with van der Waals surface area (Å²) in [6.07, 6.45) is 4.20. The maximum atomic E-state index is 11.5. The number of nitrogens with two attached hydrogens (primary N) is 1. The molecule has 1 rings (SSSR count). The minimum atomic E-state index is -0.233. The quantitative estimate of drug-likeness (QED) is 0.763. The molecule has 4 nitrogen and oxygen atoms in total. The molecule has 0 saturated carbocycles. The molecule has 0 bridgehead atoms. The van der Waals surface area contributed by atoms with Crippen molar-refractivity contribution in [2.24, 2.45) is 11.7 Å². The van der Waals surface area contributed by atoms with Crippen LogP contribution in [-0.4, -0.2) is 41.8 Å². The zero-order chi connectivity index (χ0) is 11.3. The molecule has 0 unspecified atom stereocenters. The Morgan fingerprint density at radius 1 is 1.40 bits per heavy atom. The molecule has 1 fully saturated rings. The summed E-state index contributed by atoms with van der Waals surface area (Å²) in [7, 11) is 0. The standard InChI is InChI=1S/C10H18N2O2S/c1-15-7-10(14)12-4-2-8(3-5-12)6-9(11)13/h8H,2-7H2,1H3,(H2,11,13). The van der Waals surface area contributed by atoms with Gasteiger partial charge in [-0.2, -0.15) is 11.8 Å². The predicted molar refractivity (Wildman–Crippen MR) is 61.5 cm³/mol. The maximum absolute atomic E-state index is 11.5. The molecule has 2 amide bonds. The molecular formula is C10H18N2O2S. The molecule has 0 atom stereocenters. The normalized spacial score (nSPS) is 17.8. The highest BCUT2D eigenvalue weighted by Crippen LogP contribution is 2.20. The molecular weight excluding hydrogens is 212 g/mol. The van der Waals surface area contributed by atoms with Crippen LogP contribution < -0.4 is 5.73 Å². The van der Waals surface area contributed by atoms with Crippen molar-refractivity contribution in [2.75, 3.05) is 25.1 Å². The lowest BCUT2D eigenvalue weighted by Crippen LogP contribution is -2.40. The van der Waals surface area contributed by atoms with E-state index in [-0.39, 0.29) is 11.8 Å². The van der Waals surface area contributed by atoms with E-state index in [1.54, 1.807) is 11.8 Å². The van der Waals surface area contributed by atoms with Gasteiger partial charge in [0.1, 0.15) is 0 Å². The van der Waals surface area contributed by atoms with E-state index in [9.17, 15) is 9.59 Å². The molecule has 0 aromatic rings. The molecule has 5 heteroatoms. The Bertz CT molecular complexity index is 238. The summed E-state index contributed by atoms with van der Waals surface area (Å²) < 4.78 is 0. The first-order valence-corrected chi connectivity index (χ1v) is 6.58. The summed E-state index contributed by atoms with van der Waals surface area (Å²) >= 11 is 1.55. The average molecular weight is 230 g/mol. The van der Waals surface area contributed by atoms with Crippen molar-refractivity contribution >= 4 is 23.6 Å². The number of likely N-dealkylation sites (tertiary alicyclic amines) is 1. The van der Waals surface area contributed by atoms with Gasteiger partial charge in [-0.1, -0.05) is 0 Å². The maximum Gasteiger partial charge on any atom is 0.232 e. The van der Waals surface area contributed by atoms with E-state index < -0.39 is 0 Å². The largest absolute Gasteiger partial charge is 0.370 e. The number of carbonyl (C=O) groups excluding carboxylic acids is 2. The van der Waals surface area contributed by atoms with Crippen molar-refractivity contribution in [3.63, 3.8) is 0 Å². The van der Waals surface area contributed by atoms with Gasteiger partial charge in [-0.25, -0.2) is 0 Å². The summed E-state index contributed by atoms with van der Waals surface area (Å²) in [5.41, 5.74) is 5.14. The first kappa shape index (κ1) is 12.4. The first-order chi connectivity index (χ1) is 7.13. The van der Waals surface area contributed by atoms with E-state index in [0.29, 0.717) is 18.1 Å². The molecule has 0 spiro atoms. The van der Waals surface area contributed by atoms with Crippen LogP contribution in [-0.2, 0) is 9.59 Å². The van der Waals surface area contributed by atoms with Gasteiger partial charge in [0.25, 0.3) is 0 Å². The van der Waals surface area contributed by atoms with E-state index in [1.807, 2.05) is 11.2 Å². The van der Waals surface area contributed by atoms with E-state index >= 15 is 0 Å². The second-order valence-corrected chi connectivity index (χ2v) is 4.79. The van der Waals surface area contributed by atoms with Crippen LogP contribution in [0.15, 0.2) is 0 Å². The van der Waals surface area contributed by atoms with E-state index in [4.69, 9.17) is 5.73 Å². The fourth-order valence-corrected chi connectivity index (χ4v) is 2.32. The Morgan fingerprint density at radius 3 is 2.47 bits per heavy atom. The number of amides is 2. The Hall–Kier alpha value is -0.710. The molecule has 86 valence electrons. The van der Waals surface area contributed by atoms with Crippen molar-refractivity contribution < 1.29 is 9.59 Å². The third-order valence-electron chi connectivity index (χ3n) is 2.72. The molecule has 15 heavy (non-hydrogen) atoms. The van der Waals surface area contributed by atoms with Crippen LogP contribution in [0.2, 0.25) is 0 Å². The Morgan fingerprint density at radius 2 is 2.00 bits per heavy atom. The number of hydrogen-bond acceptors (Lipinski definition) is 3. The van der Waals surface area contributed by atoms with E-state index in [0.717, 1.165) is 25.9 Å². The number of primary amides is 1. The second kappa shape index (κ2) is 6.00. The Labute approximate surface area is 94.6 Å². The smallest absolute Gasteiger partial charge is 0.232 e. The number of nitrogens with zero attached hydrogens (tertiary/aromatic N) is 1. The van der Waals surface area contributed by atoms with E-state index in [1.165, 1.54) is 0 Å². The molecule has 0 aliphatic carbocycles. The summed E-state index contributed by atoms with van der Waals surface area (Å²) in [4.78, 5) is 24.1.